The SMILES string of the molecule is CC(O)COc1ccccc1CCl. The monoisotopic (exact) mass is 200 g/mol. The van der Waals surface area contributed by atoms with Crippen LogP contribution < -0.4 is 4.74 Å². The second-order valence-electron chi connectivity index (χ2n) is 2.90. The lowest BCUT2D eigenvalue weighted by Crippen LogP contribution is -2.13. The fourth-order valence-electron chi connectivity index (χ4n) is 0.965. The molecule has 1 aromatic rings. The molecule has 0 saturated heterocycles. The summed E-state index contributed by atoms with van der Waals surface area (Å²) in [4.78, 5) is 0. The molecule has 1 N–H and O–H groups in total. The maximum absolute atomic E-state index is 9.02. The second-order valence-corrected chi connectivity index (χ2v) is 3.17. The number of hydrogen-bond donors (Lipinski definition) is 1. The summed E-state index contributed by atoms with van der Waals surface area (Å²) < 4.78 is 5.36. The number of halogens is 1. The van der Waals surface area contributed by atoms with Crippen molar-refractivity contribution in [2.24, 2.45) is 0 Å². The van der Waals surface area contributed by atoms with Gasteiger partial charge in [0.05, 0.1) is 12.0 Å². The minimum Gasteiger partial charge on any atom is -0.491 e. The van der Waals surface area contributed by atoms with Crippen molar-refractivity contribution in [3.05, 3.63) is 29.8 Å². The normalized spacial score (nSPS) is 12.5. The first-order chi connectivity index (χ1) is 6.24. The van der Waals surface area contributed by atoms with Crippen molar-refractivity contribution in [3.63, 3.8) is 0 Å². The van der Waals surface area contributed by atoms with E-state index in [1.165, 1.54) is 0 Å². The second kappa shape index (κ2) is 5.10. The lowest BCUT2D eigenvalue weighted by Gasteiger charge is -2.10. The van der Waals surface area contributed by atoms with Crippen LogP contribution in [0.25, 0.3) is 0 Å². The Hall–Kier alpha value is -0.730. The summed E-state index contributed by atoms with van der Waals surface area (Å²) in [5.41, 5.74) is 0.949. The van der Waals surface area contributed by atoms with Crippen molar-refractivity contribution < 1.29 is 9.84 Å². The molecule has 0 aromatic heterocycles. The van der Waals surface area contributed by atoms with Crippen LogP contribution in [0, 0.1) is 0 Å². The molecule has 13 heavy (non-hydrogen) atoms. The number of rotatable bonds is 4. The van der Waals surface area contributed by atoms with Crippen LogP contribution in [0.5, 0.6) is 5.75 Å². The van der Waals surface area contributed by atoms with Gasteiger partial charge in [0.1, 0.15) is 12.4 Å². The summed E-state index contributed by atoms with van der Waals surface area (Å²) in [6.07, 6.45) is -0.455. The zero-order valence-corrected chi connectivity index (χ0v) is 8.29. The van der Waals surface area contributed by atoms with Gasteiger partial charge < -0.3 is 9.84 Å². The summed E-state index contributed by atoms with van der Waals surface area (Å²) >= 11 is 5.70. The lowest BCUT2D eigenvalue weighted by molar-refractivity contribution is 0.122. The third-order valence-corrected chi connectivity index (χ3v) is 1.88. The van der Waals surface area contributed by atoms with Gasteiger partial charge in [-0.05, 0) is 13.0 Å². The summed E-state index contributed by atoms with van der Waals surface area (Å²) in [6.45, 7) is 1.98. The van der Waals surface area contributed by atoms with E-state index >= 15 is 0 Å². The first kappa shape index (κ1) is 10.4. The molecule has 0 aliphatic heterocycles. The van der Waals surface area contributed by atoms with Crippen LogP contribution in [-0.2, 0) is 5.88 Å². The number of aliphatic hydroxyl groups excluding tert-OH is 1. The first-order valence-electron chi connectivity index (χ1n) is 4.18. The minimum atomic E-state index is -0.455. The van der Waals surface area contributed by atoms with E-state index in [9.17, 15) is 0 Å². The highest BCUT2D eigenvalue weighted by Crippen LogP contribution is 2.19. The Balaban J connectivity index is 2.64. The van der Waals surface area contributed by atoms with E-state index in [-0.39, 0.29) is 0 Å². The maximum atomic E-state index is 9.02. The molecule has 0 radical (unpaired) electrons. The van der Waals surface area contributed by atoms with Gasteiger partial charge in [0.2, 0.25) is 0 Å². The number of benzene rings is 1. The van der Waals surface area contributed by atoms with Gasteiger partial charge in [-0.3, -0.25) is 0 Å². The van der Waals surface area contributed by atoms with E-state index < -0.39 is 6.10 Å². The number of aliphatic hydroxyl groups is 1. The zero-order valence-electron chi connectivity index (χ0n) is 7.53. The van der Waals surface area contributed by atoms with Crippen molar-refractivity contribution >= 4 is 11.6 Å². The standard InChI is InChI=1S/C10H13ClO2/c1-8(12)7-13-10-5-3-2-4-9(10)6-11/h2-5,8,12H,6-7H2,1H3. The third-order valence-electron chi connectivity index (χ3n) is 1.60. The molecule has 1 atom stereocenters. The molecule has 3 heteroatoms. The van der Waals surface area contributed by atoms with Crippen LogP contribution in [0.15, 0.2) is 24.3 Å². The first-order valence-corrected chi connectivity index (χ1v) is 4.72. The molecule has 0 heterocycles. The van der Waals surface area contributed by atoms with Crippen molar-refractivity contribution in [3.8, 4) is 5.75 Å². The van der Waals surface area contributed by atoms with Gasteiger partial charge in [-0.2, -0.15) is 0 Å². The maximum Gasteiger partial charge on any atom is 0.123 e. The fraction of sp³-hybridized carbons (Fsp3) is 0.400. The van der Waals surface area contributed by atoms with Crippen molar-refractivity contribution in [2.75, 3.05) is 6.61 Å². The van der Waals surface area contributed by atoms with E-state index in [1.54, 1.807) is 6.92 Å². The van der Waals surface area contributed by atoms with E-state index in [2.05, 4.69) is 0 Å². The number of hydrogen-bond acceptors (Lipinski definition) is 2. The molecule has 2 nitrogen and oxygen atoms in total. The van der Waals surface area contributed by atoms with Crippen molar-refractivity contribution in [1.29, 1.82) is 0 Å². The molecule has 1 rings (SSSR count). The third kappa shape index (κ3) is 3.25. The van der Waals surface area contributed by atoms with Gasteiger partial charge >= 0.3 is 0 Å². The average Bonchev–Trinajstić information content (AvgIpc) is 2.15. The van der Waals surface area contributed by atoms with Gasteiger partial charge in [-0.1, -0.05) is 18.2 Å². The summed E-state index contributed by atoms with van der Waals surface area (Å²) in [5, 5.41) is 9.02. The summed E-state index contributed by atoms with van der Waals surface area (Å²) in [6, 6.07) is 7.55. The van der Waals surface area contributed by atoms with Crippen LogP contribution in [-0.4, -0.2) is 17.8 Å². The highest BCUT2D eigenvalue weighted by Gasteiger charge is 2.02. The quantitative estimate of drug-likeness (QED) is 0.755. The Bertz CT molecular complexity index is 261. The Labute approximate surface area is 83.1 Å². The van der Waals surface area contributed by atoms with Gasteiger partial charge in [0, 0.05) is 5.56 Å². The molecule has 0 saturated carbocycles. The summed E-state index contributed by atoms with van der Waals surface area (Å²) in [7, 11) is 0. The molecule has 0 fully saturated rings. The minimum absolute atomic E-state index is 0.300. The number of para-hydroxylation sites is 1. The molecular formula is C10H13ClO2. The van der Waals surface area contributed by atoms with Crippen molar-refractivity contribution in [1.82, 2.24) is 0 Å². The number of alkyl halides is 1. The predicted molar refractivity (Wildman–Crippen MR) is 53.2 cm³/mol. The molecule has 1 unspecified atom stereocenters. The van der Waals surface area contributed by atoms with Crippen LogP contribution in [0.4, 0.5) is 0 Å². The highest BCUT2D eigenvalue weighted by atomic mass is 35.5. The van der Waals surface area contributed by atoms with E-state index in [0.717, 1.165) is 11.3 Å². The molecular weight excluding hydrogens is 188 g/mol. The molecule has 0 bridgehead atoms. The zero-order chi connectivity index (χ0) is 9.68. The van der Waals surface area contributed by atoms with Crippen LogP contribution in [0.2, 0.25) is 0 Å². The topological polar surface area (TPSA) is 29.5 Å². The average molecular weight is 201 g/mol. The molecule has 0 aliphatic rings. The van der Waals surface area contributed by atoms with Gasteiger partial charge in [-0.25, -0.2) is 0 Å². The van der Waals surface area contributed by atoms with Crippen molar-refractivity contribution in [2.45, 2.75) is 18.9 Å². The Morgan fingerprint density at radius 1 is 1.46 bits per heavy atom. The van der Waals surface area contributed by atoms with E-state index in [0.29, 0.717) is 12.5 Å². The molecule has 0 aliphatic carbocycles. The highest BCUT2D eigenvalue weighted by molar-refractivity contribution is 6.17. The lowest BCUT2D eigenvalue weighted by atomic mass is 10.2. The molecule has 72 valence electrons. The predicted octanol–water partition coefficient (Wildman–Crippen LogP) is 2.18. The van der Waals surface area contributed by atoms with Gasteiger partial charge in [0.15, 0.2) is 0 Å². The Morgan fingerprint density at radius 3 is 2.77 bits per heavy atom. The van der Waals surface area contributed by atoms with E-state index in [4.69, 9.17) is 21.4 Å². The van der Waals surface area contributed by atoms with Gasteiger partial charge in [-0.15, -0.1) is 11.6 Å². The summed E-state index contributed by atoms with van der Waals surface area (Å²) in [5.74, 6) is 1.18. The molecule has 0 amide bonds. The number of ether oxygens (including phenoxy) is 1. The van der Waals surface area contributed by atoms with Gasteiger partial charge in [0.25, 0.3) is 0 Å². The van der Waals surface area contributed by atoms with E-state index in [1.807, 2.05) is 24.3 Å². The van der Waals surface area contributed by atoms with Crippen LogP contribution in [0.3, 0.4) is 0 Å². The Kier molecular flexibility index (Phi) is 4.06. The fourth-order valence-corrected chi connectivity index (χ4v) is 1.19. The molecule has 1 aromatic carbocycles. The Morgan fingerprint density at radius 2 is 2.15 bits per heavy atom. The largest absolute Gasteiger partial charge is 0.491 e. The van der Waals surface area contributed by atoms with Crippen LogP contribution >= 0.6 is 11.6 Å². The van der Waals surface area contributed by atoms with Crippen LogP contribution in [0.1, 0.15) is 12.5 Å². The smallest absolute Gasteiger partial charge is 0.123 e. The molecule has 0 spiro atoms.